The van der Waals surface area contributed by atoms with Crippen LogP contribution in [0.2, 0.25) is 0 Å². The summed E-state index contributed by atoms with van der Waals surface area (Å²) in [6.45, 7) is 1.66. The Kier molecular flexibility index (Phi) is 9.54. The third-order valence-corrected chi connectivity index (χ3v) is 7.27. The summed E-state index contributed by atoms with van der Waals surface area (Å²) in [6, 6.07) is 12.6. The Morgan fingerprint density at radius 3 is 2.39 bits per heavy atom. The number of thioether (sulfide) groups is 1. The first kappa shape index (κ1) is 25.4. The molecule has 0 saturated carbocycles. The zero-order valence-corrected chi connectivity index (χ0v) is 20.8. The Morgan fingerprint density at radius 1 is 1.13 bits per heavy atom. The Balaban J connectivity index is 2.09. The second kappa shape index (κ2) is 11.7. The maximum Gasteiger partial charge on any atom is 0.244 e. The molecule has 0 aromatic heterocycles. The van der Waals surface area contributed by atoms with Gasteiger partial charge < -0.3 is 10.2 Å². The molecule has 0 aliphatic heterocycles. The molecule has 0 heterocycles. The molecule has 0 spiro atoms. The van der Waals surface area contributed by atoms with Gasteiger partial charge in [0.15, 0.2) is 0 Å². The number of rotatable bonds is 10. The van der Waals surface area contributed by atoms with E-state index in [1.165, 1.54) is 35.8 Å². The molecule has 0 radical (unpaired) electrons. The zero-order chi connectivity index (χ0) is 23.0. The number of carbonyl (C=O) groups is 2. The molecule has 0 fully saturated rings. The van der Waals surface area contributed by atoms with Crippen LogP contribution in [0.15, 0.2) is 57.9 Å². The topological polar surface area (TPSA) is 95.6 Å². The summed E-state index contributed by atoms with van der Waals surface area (Å²) in [7, 11) is -2.40. The van der Waals surface area contributed by atoms with E-state index in [-0.39, 0.29) is 17.3 Å². The minimum atomic E-state index is -3.88. The summed E-state index contributed by atoms with van der Waals surface area (Å²) in [5.74, 6) is -0.260. The molecule has 10 heteroatoms. The molecular weight excluding hydrogens is 502 g/mol. The second-order valence-corrected chi connectivity index (χ2v) is 10.5. The van der Waals surface area contributed by atoms with E-state index < -0.39 is 22.0 Å². The number of nitrogens with one attached hydrogen (secondary N) is 2. The number of hydrogen-bond acceptors (Lipinski definition) is 5. The van der Waals surface area contributed by atoms with Crippen molar-refractivity contribution in [3.8, 4) is 0 Å². The van der Waals surface area contributed by atoms with Crippen molar-refractivity contribution in [1.29, 1.82) is 0 Å². The lowest BCUT2D eigenvalue weighted by atomic mass is 10.2. The van der Waals surface area contributed by atoms with Crippen LogP contribution in [0.4, 0.5) is 5.69 Å². The van der Waals surface area contributed by atoms with Crippen LogP contribution in [0, 0.1) is 6.92 Å². The summed E-state index contributed by atoms with van der Waals surface area (Å²) in [4.78, 5) is 26.7. The van der Waals surface area contributed by atoms with E-state index >= 15 is 0 Å². The number of amides is 2. The number of anilines is 1. The summed E-state index contributed by atoms with van der Waals surface area (Å²) in [5.41, 5.74) is 1.53. The highest BCUT2D eigenvalue weighted by molar-refractivity contribution is 9.10. The zero-order valence-electron chi connectivity index (χ0n) is 17.6. The van der Waals surface area contributed by atoms with Gasteiger partial charge in [-0.3, -0.25) is 9.59 Å². The van der Waals surface area contributed by atoms with Gasteiger partial charge >= 0.3 is 0 Å². The van der Waals surface area contributed by atoms with Crippen molar-refractivity contribution in [1.82, 2.24) is 9.62 Å². The lowest BCUT2D eigenvalue weighted by molar-refractivity contribution is -0.134. The number of carbonyl (C=O) groups excluding carboxylic acids is 2. The van der Waals surface area contributed by atoms with Crippen molar-refractivity contribution in [3.05, 3.63) is 58.6 Å². The van der Waals surface area contributed by atoms with Crippen LogP contribution in [0.5, 0.6) is 0 Å². The highest BCUT2D eigenvalue weighted by atomic mass is 79.9. The molecular formula is C21H26BrN3O4S2. The van der Waals surface area contributed by atoms with E-state index in [0.29, 0.717) is 17.9 Å². The lowest BCUT2D eigenvalue weighted by Gasteiger charge is -2.24. The van der Waals surface area contributed by atoms with E-state index in [9.17, 15) is 18.0 Å². The molecule has 2 rings (SSSR count). The molecule has 0 saturated heterocycles. The second-order valence-electron chi connectivity index (χ2n) is 6.99. The summed E-state index contributed by atoms with van der Waals surface area (Å²) in [5, 5.41) is 2.73. The van der Waals surface area contributed by atoms with E-state index in [1.54, 1.807) is 30.3 Å². The number of para-hydroxylation sites is 1. The van der Waals surface area contributed by atoms with Crippen molar-refractivity contribution in [2.24, 2.45) is 0 Å². The van der Waals surface area contributed by atoms with Crippen molar-refractivity contribution < 1.29 is 18.0 Å². The van der Waals surface area contributed by atoms with Crippen LogP contribution in [-0.4, -0.2) is 56.8 Å². The van der Waals surface area contributed by atoms with Gasteiger partial charge in [-0.25, -0.2) is 8.42 Å². The first-order valence-electron chi connectivity index (χ1n) is 9.51. The number of hydrogen-bond donors (Lipinski definition) is 2. The molecule has 168 valence electrons. The Morgan fingerprint density at radius 2 is 1.77 bits per heavy atom. The Hall–Kier alpha value is -1.88. The number of aryl methyl sites for hydroxylation is 1. The molecule has 0 aliphatic rings. The SMILES string of the molecule is CSCC[C@H](NS(=O)(=O)c1ccc(C)cc1)C(=O)N(C)CC(=O)Nc1ccccc1Br. The highest BCUT2D eigenvalue weighted by Gasteiger charge is 2.28. The summed E-state index contributed by atoms with van der Waals surface area (Å²) < 4.78 is 28.8. The van der Waals surface area contributed by atoms with Gasteiger partial charge in [-0.15, -0.1) is 0 Å². The van der Waals surface area contributed by atoms with E-state index in [2.05, 4.69) is 26.0 Å². The first-order valence-corrected chi connectivity index (χ1v) is 13.2. The lowest BCUT2D eigenvalue weighted by Crippen LogP contribution is -2.49. The third kappa shape index (κ3) is 7.64. The number of benzene rings is 2. The van der Waals surface area contributed by atoms with Crippen molar-refractivity contribution >= 4 is 55.2 Å². The Bertz CT molecular complexity index is 1010. The van der Waals surface area contributed by atoms with Crippen LogP contribution in [0.1, 0.15) is 12.0 Å². The molecule has 2 aromatic carbocycles. The summed E-state index contributed by atoms with van der Waals surface area (Å²) in [6.07, 6.45) is 2.19. The van der Waals surface area contributed by atoms with Gasteiger partial charge in [-0.1, -0.05) is 29.8 Å². The van der Waals surface area contributed by atoms with Gasteiger partial charge in [0.25, 0.3) is 0 Å². The molecule has 2 aromatic rings. The average molecular weight is 528 g/mol. The van der Waals surface area contributed by atoms with Gasteiger partial charge in [0.2, 0.25) is 21.8 Å². The van der Waals surface area contributed by atoms with Crippen LogP contribution >= 0.6 is 27.7 Å². The molecule has 0 bridgehead atoms. The smallest absolute Gasteiger partial charge is 0.244 e. The fourth-order valence-electron chi connectivity index (χ4n) is 2.75. The molecule has 2 amide bonds. The van der Waals surface area contributed by atoms with Gasteiger partial charge in [0.1, 0.15) is 6.04 Å². The number of halogens is 1. The monoisotopic (exact) mass is 527 g/mol. The van der Waals surface area contributed by atoms with Crippen molar-refractivity contribution in [2.45, 2.75) is 24.3 Å². The normalized spacial score (nSPS) is 12.3. The van der Waals surface area contributed by atoms with Crippen LogP contribution < -0.4 is 10.0 Å². The van der Waals surface area contributed by atoms with E-state index in [4.69, 9.17) is 0 Å². The maximum atomic E-state index is 13.0. The van der Waals surface area contributed by atoms with Gasteiger partial charge in [-0.05, 0) is 65.5 Å². The molecule has 0 aliphatic carbocycles. The minimum absolute atomic E-state index is 0.0920. The standard InChI is InChI=1S/C21H26BrN3O4S2/c1-15-8-10-16(11-9-15)31(28,29)24-19(12-13-30-3)21(27)25(2)14-20(26)23-18-7-5-4-6-17(18)22/h4-11,19,24H,12-14H2,1-3H3,(H,23,26)/t19-/m0/s1. The highest BCUT2D eigenvalue weighted by Crippen LogP contribution is 2.21. The van der Waals surface area contributed by atoms with Crippen LogP contribution in [0.25, 0.3) is 0 Å². The number of nitrogens with zero attached hydrogens (tertiary/aromatic N) is 1. The average Bonchev–Trinajstić information content (AvgIpc) is 2.72. The number of likely N-dealkylation sites (N-methyl/N-ethyl adjacent to an activating group) is 1. The molecule has 31 heavy (non-hydrogen) atoms. The van der Waals surface area contributed by atoms with Gasteiger partial charge in [0, 0.05) is 11.5 Å². The predicted octanol–water partition coefficient (Wildman–Crippen LogP) is 3.25. The van der Waals surface area contributed by atoms with Crippen LogP contribution in [0.3, 0.4) is 0 Å². The van der Waals surface area contributed by atoms with Gasteiger partial charge in [0.05, 0.1) is 17.1 Å². The molecule has 2 N–H and O–H groups in total. The number of sulfonamides is 1. The predicted molar refractivity (Wildman–Crippen MR) is 129 cm³/mol. The quantitative estimate of drug-likeness (QED) is 0.494. The maximum absolute atomic E-state index is 13.0. The van der Waals surface area contributed by atoms with Crippen molar-refractivity contribution in [3.63, 3.8) is 0 Å². The third-order valence-electron chi connectivity index (χ3n) is 4.44. The fraction of sp³-hybridized carbons (Fsp3) is 0.333. The van der Waals surface area contributed by atoms with Gasteiger partial charge in [-0.2, -0.15) is 16.5 Å². The first-order chi connectivity index (χ1) is 14.6. The minimum Gasteiger partial charge on any atom is -0.335 e. The van der Waals surface area contributed by atoms with Crippen LogP contribution in [-0.2, 0) is 19.6 Å². The molecule has 1 atom stereocenters. The summed E-state index contributed by atoms with van der Waals surface area (Å²) >= 11 is 4.87. The van der Waals surface area contributed by atoms with E-state index in [0.717, 1.165) is 10.0 Å². The largest absolute Gasteiger partial charge is 0.335 e. The Labute approximate surface area is 196 Å². The molecule has 0 unspecified atom stereocenters. The fourth-order valence-corrected chi connectivity index (χ4v) is 4.83. The van der Waals surface area contributed by atoms with Crippen molar-refractivity contribution in [2.75, 3.05) is 30.9 Å². The molecule has 7 nitrogen and oxygen atoms in total. The van der Waals surface area contributed by atoms with E-state index in [1.807, 2.05) is 19.2 Å².